The maximum Gasteiger partial charge on any atom is 0.327 e. The minimum atomic E-state index is -1.01. The number of hydrogen-bond donors (Lipinski definition) is 1. The van der Waals surface area contributed by atoms with Crippen LogP contribution >= 0.6 is 0 Å². The Hall–Kier alpha value is -3.08. The van der Waals surface area contributed by atoms with Gasteiger partial charge in [-0.3, -0.25) is 4.79 Å². The summed E-state index contributed by atoms with van der Waals surface area (Å²) in [6.45, 7) is 4.16. The zero-order valence-corrected chi connectivity index (χ0v) is 16.0. The Kier molecular flexibility index (Phi) is 5.83. The summed E-state index contributed by atoms with van der Waals surface area (Å²) >= 11 is 0. The minimum Gasteiger partial charge on any atom is -0.478 e. The molecule has 2 aromatic rings. The topological polar surface area (TPSA) is 72.8 Å². The molecular weight excluding hydrogens is 356 g/mol. The summed E-state index contributed by atoms with van der Waals surface area (Å²) in [6.07, 6.45) is 3.26. The third-order valence-electron chi connectivity index (χ3n) is 5.12. The quantitative estimate of drug-likeness (QED) is 0.540. The molecule has 0 heterocycles. The number of benzene rings is 2. The van der Waals surface area contributed by atoms with Gasteiger partial charge in [-0.25, -0.2) is 4.79 Å². The number of carbonyl (C=O) groups is 2. The fourth-order valence-corrected chi connectivity index (χ4v) is 3.42. The summed E-state index contributed by atoms with van der Waals surface area (Å²) < 4.78 is 11.3. The smallest absolute Gasteiger partial charge is 0.327 e. The highest BCUT2D eigenvalue weighted by Crippen LogP contribution is 2.59. The molecule has 0 unspecified atom stereocenters. The molecule has 1 fully saturated rings. The molecule has 0 aliphatic heterocycles. The van der Waals surface area contributed by atoms with E-state index in [9.17, 15) is 9.59 Å². The van der Waals surface area contributed by atoms with E-state index in [2.05, 4.69) is 0 Å². The molecule has 1 aliphatic rings. The van der Waals surface area contributed by atoms with Crippen molar-refractivity contribution in [3.8, 4) is 11.5 Å². The van der Waals surface area contributed by atoms with Gasteiger partial charge >= 0.3 is 11.9 Å². The molecule has 5 nitrogen and oxygen atoms in total. The third-order valence-corrected chi connectivity index (χ3v) is 5.12. The lowest BCUT2D eigenvalue weighted by molar-refractivity contribution is -0.146. The average molecular weight is 380 g/mol. The van der Waals surface area contributed by atoms with Crippen LogP contribution in [-0.4, -0.2) is 23.7 Å². The number of hydrogen-bond acceptors (Lipinski definition) is 4. The molecule has 2 aromatic carbocycles. The first-order valence-corrected chi connectivity index (χ1v) is 9.27. The second kappa shape index (κ2) is 8.30. The van der Waals surface area contributed by atoms with Crippen LogP contribution in [-0.2, 0) is 20.7 Å². The van der Waals surface area contributed by atoms with Crippen molar-refractivity contribution >= 4 is 11.9 Å². The monoisotopic (exact) mass is 380 g/mol. The van der Waals surface area contributed by atoms with Gasteiger partial charge in [-0.1, -0.05) is 50.3 Å². The molecule has 146 valence electrons. The van der Waals surface area contributed by atoms with Crippen molar-refractivity contribution in [2.24, 2.45) is 17.3 Å². The first-order valence-electron chi connectivity index (χ1n) is 9.27. The predicted octanol–water partition coefficient (Wildman–Crippen LogP) is 4.48. The van der Waals surface area contributed by atoms with Gasteiger partial charge in [0, 0.05) is 12.5 Å². The number of carbonyl (C=O) groups excluding carboxylic acids is 1. The Morgan fingerprint density at radius 3 is 2.50 bits per heavy atom. The number of rotatable bonds is 8. The van der Waals surface area contributed by atoms with Crippen LogP contribution in [0.5, 0.6) is 11.5 Å². The van der Waals surface area contributed by atoms with Gasteiger partial charge in [0.2, 0.25) is 0 Å². The van der Waals surface area contributed by atoms with Crippen LogP contribution < -0.4 is 4.74 Å². The van der Waals surface area contributed by atoms with Gasteiger partial charge in [0.15, 0.2) is 0 Å². The average Bonchev–Trinajstić information content (AvgIpc) is 3.22. The summed E-state index contributed by atoms with van der Waals surface area (Å²) in [5.74, 6) is -0.177. The standard InChI is InChI=1S/C23H24O5/c1-23(2)19(11-12-20(24)25)21(23)22(26)27-14-13-16-7-6-10-18(15-16)28-17-8-4-3-5-9-17/h3-12,15,19,21H,13-14H2,1-2H3,(H,24,25)/t19-,21-/m0/s1. The number of ether oxygens (including phenoxy) is 2. The van der Waals surface area contributed by atoms with Crippen molar-refractivity contribution in [3.63, 3.8) is 0 Å². The van der Waals surface area contributed by atoms with Gasteiger partial charge in [-0.2, -0.15) is 0 Å². The van der Waals surface area contributed by atoms with E-state index < -0.39 is 5.97 Å². The zero-order valence-electron chi connectivity index (χ0n) is 16.0. The summed E-state index contributed by atoms with van der Waals surface area (Å²) in [7, 11) is 0. The van der Waals surface area contributed by atoms with E-state index in [-0.39, 0.29) is 29.8 Å². The van der Waals surface area contributed by atoms with Crippen LogP contribution in [0.3, 0.4) is 0 Å². The number of esters is 1. The molecule has 1 N–H and O–H groups in total. The molecule has 3 rings (SSSR count). The number of para-hydroxylation sites is 1. The highest BCUT2D eigenvalue weighted by Gasteiger charge is 2.61. The van der Waals surface area contributed by atoms with E-state index in [1.54, 1.807) is 6.08 Å². The first-order chi connectivity index (χ1) is 13.4. The van der Waals surface area contributed by atoms with Gasteiger partial charge in [0.1, 0.15) is 11.5 Å². The van der Waals surface area contributed by atoms with Gasteiger partial charge in [-0.05, 0) is 41.2 Å². The normalized spacial score (nSPS) is 19.9. The fraction of sp³-hybridized carbons (Fsp3) is 0.304. The van der Waals surface area contributed by atoms with Gasteiger partial charge < -0.3 is 14.6 Å². The number of carboxylic acids is 1. The van der Waals surface area contributed by atoms with E-state index >= 15 is 0 Å². The lowest BCUT2D eigenvalue weighted by Crippen LogP contribution is -2.12. The van der Waals surface area contributed by atoms with Crippen molar-refractivity contribution in [2.45, 2.75) is 20.3 Å². The number of carboxylic acid groups (broad SMARTS) is 1. The van der Waals surface area contributed by atoms with Crippen LogP contribution in [0.1, 0.15) is 19.4 Å². The molecule has 0 spiro atoms. The molecule has 28 heavy (non-hydrogen) atoms. The maximum atomic E-state index is 12.3. The van der Waals surface area contributed by atoms with E-state index in [1.165, 1.54) is 0 Å². The predicted molar refractivity (Wildman–Crippen MR) is 105 cm³/mol. The second-order valence-corrected chi connectivity index (χ2v) is 7.50. The van der Waals surface area contributed by atoms with E-state index in [0.717, 1.165) is 23.1 Å². The SMILES string of the molecule is CC1(C)[C@H](C(=O)OCCc2cccc(Oc3ccccc3)c2)[C@@H]1C=CC(=O)O. The van der Waals surface area contributed by atoms with Crippen LogP contribution in [0.25, 0.3) is 0 Å². The second-order valence-electron chi connectivity index (χ2n) is 7.50. The molecule has 1 aliphatic carbocycles. The highest BCUT2D eigenvalue weighted by atomic mass is 16.5. The Balaban J connectivity index is 1.51. The molecule has 2 atom stereocenters. The zero-order chi connectivity index (χ0) is 20.1. The molecule has 1 saturated carbocycles. The molecule has 0 aromatic heterocycles. The summed E-state index contributed by atoms with van der Waals surface area (Å²) in [5.41, 5.74) is 0.741. The van der Waals surface area contributed by atoms with Gasteiger partial charge in [0.25, 0.3) is 0 Å². The van der Waals surface area contributed by atoms with Crippen molar-refractivity contribution in [3.05, 3.63) is 72.3 Å². The van der Waals surface area contributed by atoms with E-state index in [0.29, 0.717) is 6.42 Å². The van der Waals surface area contributed by atoms with E-state index in [1.807, 2.05) is 68.4 Å². The summed E-state index contributed by atoms with van der Waals surface area (Å²) in [6, 6.07) is 17.2. The Bertz CT molecular complexity index is 870. The third kappa shape index (κ3) is 4.80. The van der Waals surface area contributed by atoms with E-state index in [4.69, 9.17) is 14.6 Å². The molecular formula is C23H24O5. The fourth-order valence-electron chi connectivity index (χ4n) is 3.42. The lowest BCUT2D eigenvalue weighted by atomic mass is 10.1. The molecule has 5 heteroatoms. The number of allylic oxidation sites excluding steroid dienone is 1. The number of aliphatic carboxylic acids is 1. The molecule has 0 saturated heterocycles. The lowest BCUT2D eigenvalue weighted by Gasteiger charge is -2.09. The maximum absolute atomic E-state index is 12.3. The Morgan fingerprint density at radius 2 is 1.79 bits per heavy atom. The van der Waals surface area contributed by atoms with Crippen LogP contribution in [0.4, 0.5) is 0 Å². The van der Waals surface area contributed by atoms with Crippen molar-refractivity contribution < 1.29 is 24.2 Å². The molecule has 0 radical (unpaired) electrons. The summed E-state index contributed by atoms with van der Waals surface area (Å²) in [5, 5.41) is 8.75. The minimum absolute atomic E-state index is 0.0984. The Morgan fingerprint density at radius 1 is 1.07 bits per heavy atom. The molecule has 0 bridgehead atoms. The largest absolute Gasteiger partial charge is 0.478 e. The Labute approximate surface area is 164 Å². The van der Waals surface area contributed by atoms with Crippen LogP contribution in [0.2, 0.25) is 0 Å². The van der Waals surface area contributed by atoms with Gasteiger partial charge in [-0.15, -0.1) is 0 Å². The van der Waals surface area contributed by atoms with Crippen molar-refractivity contribution in [2.75, 3.05) is 6.61 Å². The van der Waals surface area contributed by atoms with Crippen molar-refractivity contribution in [1.29, 1.82) is 0 Å². The highest BCUT2D eigenvalue weighted by molar-refractivity contribution is 5.82. The van der Waals surface area contributed by atoms with Gasteiger partial charge in [0.05, 0.1) is 12.5 Å². The van der Waals surface area contributed by atoms with Crippen LogP contribution in [0.15, 0.2) is 66.7 Å². The first kappa shape index (κ1) is 19.7. The van der Waals surface area contributed by atoms with Crippen molar-refractivity contribution in [1.82, 2.24) is 0 Å². The molecule has 0 amide bonds. The van der Waals surface area contributed by atoms with Crippen LogP contribution in [0, 0.1) is 17.3 Å². The summed E-state index contributed by atoms with van der Waals surface area (Å²) in [4.78, 5) is 23.0.